The zero-order valence-corrected chi connectivity index (χ0v) is 19.1. The van der Waals surface area contributed by atoms with E-state index in [1.54, 1.807) is 22.4 Å². The van der Waals surface area contributed by atoms with Gasteiger partial charge in [0.05, 0.1) is 6.54 Å². The van der Waals surface area contributed by atoms with Crippen LogP contribution in [0.1, 0.15) is 38.5 Å². The van der Waals surface area contributed by atoms with Gasteiger partial charge in [0.2, 0.25) is 5.91 Å². The molecule has 32 heavy (non-hydrogen) atoms. The van der Waals surface area contributed by atoms with E-state index in [2.05, 4.69) is 5.32 Å². The number of thiophene rings is 1. The summed E-state index contributed by atoms with van der Waals surface area (Å²) in [5.41, 5.74) is 0. The Kier molecular flexibility index (Phi) is 9.92. The van der Waals surface area contributed by atoms with E-state index < -0.39 is 22.2 Å². The van der Waals surface area contributed by atoms with Crippen molar-refractivity contribution in [2.45, 2.75) is 55.0 Å². The quantitative estimate of drug-likeness (QED) is 0.603. The minimum absolute atomic E-state index is 0.0368. The second-order valence-electron chi connectivity index (χ2n) is 7.56. The first-order valence-corrected chi connectivity index (χ1v) is 12.7. The van der Waals surface area contributed by atoms with Gasteiger partial charge in [0.15, 0.2) is 0 Å². The minimum Gasteiger partial charge on any atom is -0.475 e. The van der Waals surface area contributed by atoms with Crippen molar-refractivity contribution in [1.29, 1.82) is 0 Å². The molecule has 0 aromatic carbocycles. The molecule has 1 amide bonds. The molecule has 0 unspecified atom stereocenters. The molecule has 13 heteroatoms. The molecular weight excluding hydrogens is 471 g/mol. The maximum absolute atomic E-state index is 13.2. The molecule has 1 aliphatic heterocycles. The number of amides is 1. The molecule has 2 fully saturated rings. The molecule has 1 aliphatic carbocycles. The highest BCUT2D eigenvalue weighted by atomic mass is 32.2. The van der Waals surface area contributed by atoms with Crippen LogP contribution in [0.3, 0.4) is 0 Å². The van der Waals surface area contributed by atoms with Gasteiger partial charge in [-0.3, -0.25) is 4.79 Å². The van der Waals surface area contributed by atoms with E-state index in [0.29, 0.717) is 17.3 Å². The van der Waals surface area contributed by atoms with Crippen molar-refractivity contribution in [3.8, 4) is 0 Å². The summed E-state index contributed by atoms with van der Waals surface area (Å²) in [7, 11) is -3.62. The average Bonchev–Trinajstić information content (AvgIpc) is 3.17. The molecule has 1 saturated heterocycles. The van der Waals surface area contributed by atoms with E-state index in [4.69, 9.17) is 9.90 Å². The number of sulfonamides is 1. The summed E-state index contributed by atoms with van der Waals surface area (Å²) >= 11 is 1.23. The third-order valence-corrected chi connectivity index (χ3v) is 8.56. The number of nitrogens with zero attached hydrogens (tertiary/aromatic N) is 2. The Labute approximate surface area is 189 Å². The lowest BCUT2D eigenvalue weighted by Crippen LogP contribution is -2.52. The lowest BCUT2D eigenvalue weighted by Gasteiger charge is -2.33. The molecule has 182 valence electrons. The lowest BCUT2D eigenvalue weighted by atomic mass is 10.1. The van der Waals surface area contributed by atoms with Crippen LogP contribution in [0.2, 0.25) is 0 Å². The van der Waals surface area contributed by atoms with Crippen LogP contribution in [0.4, 0.5) is 13.2 Å². The van der Waals surface area contributed by atoms with Crippen LogP contribution >= 0.6 is 11.3 Å². The summed E-state index contributed by atoms with van der Waals surface area (Å²) in [5.74, 6) is -2.83. The van der Waals surface area contributed by atoms with Gasteiger partial charge < -0.3 is 15.3 Å². The highest BCUT2D eigenvalue weighted by Gasteiger charge is 2.38. The number of hydrogen-bond donors (Lipinski definition) is 2. The molecule has 2 aliphatic rings. The van der Waals surface area contributed by atoms with Gasteiger partial charge in [-0.25, -0.2) is 13.2 Å². The normalized spacial score (nSPS) is 18.6. The zero-order valence-electron chi connectivity index (χ0n) is 17.5. The maximum Gasteiger partial charge on any atom is 0.490 e. The molecule has 2 heterocycles. The number of piperazine rings is 1. The van der Waals surface area contributed by atoms with E-state index in [1.165, 1.54) is 15.6 Å². The van der Waals surface area contributed by atoms with Gasteiger partial charge >= 0.3 is 12.1 Å². The summed E-state index contributed by atoms with van der Waals surface area (Å²) in [5, 5.41) is 12.1. The van der Waals surface area contributed by atoms with Crippen molar-refractivity contribution in [1.82, 2.24) is 14.5 Å². The molecule has 1 aromatic heterocycles. The fourth-order valence-electron chi connectivity index (χ4n) is 3.63. The predicted octanol–water partition coefficient (Wildman–Crippen LogP) is 2.53. The van der Waals surface area contributed by atoms with Gasteiger partial charge in [0, 0.05) is 32.2 Å². The van der Waals surface area contributed by atoms with Gasteiger partial charge in [-0.2, -0.15) is 17.5 Å². The Morgan fingerprint density at radius 2 is 1.72 bits per heavy atom. The van der Waals surface area contributed by atoms with E-state index >= 15 is 0 Å². The molecule has 0 spiro atoms. The van der Waals surface area contributed by atoms with Crippen molar-refractivity contribution < 1.29 is 36.3 Å². The number of carbonyl (C=O) groups excluding carboxylic acids is 1. The Morgan fingerprint density at radius 1 is 1.16 bits per heavy atom. The van der Waals surface area contributed by atoms with E-state index in [9.17, 15) is 26.4 Å². The number of halogens is 3. The number of nitrogens with one attached hydrogen (secondary N) is 1. The molecule has 1 saturated carbocycles. The number of carboxylic acids is 1. The Balaban J connectivity index is 0.000000451. The highest BCUT2D eigenvalue weighted by molar-refractivity contribution is 7.91. The monoisotopic (exact) mass is 499 g/mol. The third kappa shape index (κ3) is 7.71. The van der Waals surface area contributed by atoms with Crippen molar-refractivity contribution >= 4 is 33.2 Å². The Bertz CT molecular complexity index is 833. The fourth-order valence-corrected chi connectivity index (χ4v) is 6.38. The molecule has 3 rings (SSSR count). The second kappa shape index (κ2) is 12.0. The molecule has 0 bridgehead atoms. The summed E-state index contributed by atoms with van der Waals surface area (Å²) in [6.07, 6.45) is 0.967. The van der Waals surface area contributed by atoms with Crippen molar-refractivity contribution in [3.63, 3.8) is 0 Å². The van der Waals surface area contributed by atoms with E-state index in [1.807, 2.05) is 0 Å². The molecule has 0 radical (unpaired) electrons. The summed E-state index contributed by atoms with van der Waals surface area (Å²) < 4.78 is 59.9. The Hall–Kier alpha value is -1.70. The molecular formula is C19H28F3N3O5S2. The molecule has 8 nitrogen and oxygen atoms in total. The van der Waals surface area contributed by atoms with Crippen molar-refractivity contribution in [3.05, 3.63) is 17.5 Å². The standard InChI is InChI=1S/C17H27N3O3S2.C2HF3O2/c21-16(19-11-9-18-10-12-19)14-20(15-6-3-1-2-4-7-15)25(22,23)17-8-5-13-24-17;3-2(4,5)1(6)7/h5,8,13,15,18H,1-4,6-7,9-12,14H2;(H,6,7). The maximum atomic E-state index is 13.2. The minimum atomic E-state index is -5.08. The molecule has 0 atom stereocenters. The number of alkyl halides is 3. The van der Waals surface area contributed by atoms with Crippen molar-refractivity contribution in [2.75, 3.05) is 32.7 Å². The first kappa shape index (κ1) is 26.6. The summed E-state index contributed by atoms with van der Waals surface area (Å²) in [6, 6.07) is 3.32. The van der Waals surface area contributed by atoms with Gasteiger partial charge in [-0.15, -0.1) is 11.3 Å². The Morgan fingerprint density at radius 3 is 2.19 bits per heavy atom. The van der Waals surface area contributed by atoms with Crippen LogP contribution in [0.5, 0.6) is 0 Å². The summed E-state index contributed by atoms with van der Waals surface area (Å²) in [6.45, 7) is 2.80. The number of rotatable bonds is 5. The van der Waals surface area contributed by atoms with E-state index in [0.717, 1.165) is 51.6 Å². The van der Waals surface area contributed by atoms with Gasteiger partial charge in [-0.1, -0.05) is 31.7 Å². The topological polar surface area (TPSA) is 107 Å². The SMILES string of the molecule is O=C(CN(C1CCCCCC1)S(=O)(=O)c1cccs1)N1CCNCC1.O=C(O)C(F)(F)F. The predicted molar refractivity (Wildman–Crippen MR) is 113 cm³/mol. The van der Waals surface area contributed by atoms with Crippen molar-refractivity contribution in [2.24, 2.45) is 0 Å². The molecule has 1 aromatic rings. The van der Waals surface area contributed by atoms with Crippen LogP contribution in [0.25, 0.3) is 0 Å². The zero-order chi connectivity index (χ0) is 23.8. The van der Waals surface area contributed by atoms with Crippen LogP contribution in [-0.2, 0) is 19.6 Å². The van der Waals surface area contributed by atoms with Crippen LogP contribution in [0, 0.1) is 0 Å². The highest BCUT2D eigenvalue weighted by Crippen LogP contribution is 2.29. The van der Waals surface area contributed by atoms with Gasteiger partial charge in [0.25, 0.3) is 10.0 Å². The third-order valence-electron chi connectivity index (χ3n) is 5.29. The largest absolute Gasteiger partial charge is 0.490 e. The summed E-state index contributed by atoms with van der Waals surface area (Å²) in [4.78, 5) is 23.4. The van der Waals surface area contributed by atoms with Gasteiger partial charge in [0.1, 0.15) is 4.21 Å². The fraction of sp³-hybridized carbons (Fsp3) is 0.684. The number of aliphatic carboxylic acids is 1. The smallest absolute Gasteiger partial charge is 0.475 e. The first-order chi connectivity index (χ1) is 15.0. The number of hydrogen-bond acceptors (Lipinski definition) is 6. The first-order valence-electron chi connectivity index (χ1n) is 10.4. The second-order valence-corrected chi connectivity index (χ2v) is 10.6. The average molecular weight is 500 g/mol. The number of carboxylic acid groups (broad SMARTS) is 1. The molecule has 2 N–H and O–H groups in total. The lowest BCUT2D eigenvalue weighted by molar-refractivity contribution is -0.192. The van der Waals surface area contributed by atoms with Gasteiger partial charge in [-0.05, 0) is 24.3 Å². The van der Waals surface area contributed by atoms with Crippen LogP contribution in [0.15, 0.2) is 21.7 Å². The van der Waals surface area contributed by atoms with E-state index in [-0.39, 0.29) is 18.5 Å². The number of carbonyl (C=O) groups is 2. The van der Waals surface area contributed by atoms with Crippen LogP contribution in [-0.4, -0.2) is 79.5 Å². The van der Waals surface area contributed by atoms with Crippen LogP contribution < -0.4 is 5.32 Å².